The van der Waals surface area contributed by atoms with Gasteiger partial charge in [0, 0.05) is 10.6 Å². The van der Waals surface area contributed by atoms with E-state index in [1.54, 1.807) is 42.5 Å². The fraction of sp³-hybridized carbons (Fsp3) is 0.107. The molecule has 0 spiro atoms. The van der Waals surface area contributed by atoms with Crippen molar-refractivity contribution < 1.29 is 28.5 Å². The Bertz CT molecular complexity index is 1470. The van der Waals surface area contributed by atoms with E-state index in [-0.39, 0.29) is 17.9 Å². The molecule has 0 atom stereocenters. The third kappa shape index (κ3) is 6.36. The first-order valence-electron chi connectivity index (χ1n) is 11.1. The Morgan fingerprint density at radius 3 is 2.46 bits per heavy atom. The monoisotopic (exact) mass is 518 g/mol. The van der Waals surface area contributed by atoms with Crippen molar-refractivity contribution in [2.24, 2.45) is 5.10 Å². The lowest BCUT2D eigenvalue weighted by atomic mass is 10.0. The van der Waals surface area contributed by atoms with Crippen LogP contribution in [0.4, 0.5) is 0 Å². The number of carbonyl (C=O) groups is 2. The summed E-state index contributed by atoms with van der Waals surface area (Å²) in [5.41, 5.74) is 3.22. The van der Waals surface area contributed by atoms with Crippen LogP contribution in [0.1, 0.15) is 15.9 Å². The molecule has 0 radical (unpaired) electrons. The highest BCUT2D eigenvalue weighted by molar-refractivity contribution is 6.30. The summed E-state index contributed by atoms with van der Waals surface area (Å²) in [7, 11) is 3.00. The largest absolute Gasteiger partial charge is 0.493 e. The van der Waals surface area contributed by atoms with Crippen molar-refractivity contribution >= 4 is 40.5 Å². The maximum absolute atomic E-state index is 12.9. The molecule has 0 aliphatic carbocycles. The molecule has 0 aromatic heterocycles. The van der Waals surface area contributed by atoms with E-state index in [0.717, 1.165) is 10.8 Å². The highest BCUT2D eigenvalue weighted by atomic mass is 35.5. The number of nitrogens with zero attached hydrogens (tertiary/aromatic N) is 1. The van der Waals surface area contributed by atoms with Crippen molar-refractivity contribution in [2.75, 3.05) is 20.8 Å². The van der Waals surface area contributed by atoms with E-state index in [2.05, 4.69) is 10.5 Å². The number of hydrogen-bond donors (Lipinski definition) is 1. The Labute approximate surface area is 218 Å². The molecule has 4 aromatic carbocycles. The molecule has 0 bridgehead atoms. The molecule has 8 nitrogen and oxygen atoms in total. The summed E-state index contributed by atoms with van der Waals surface area (Å²) in [4.78, 5) is 25.2. The number of methoxy groups -OCH3 is 2. The quantitative estimate of drug-likeness (QED) is 0.140. The molecule has 0 aliphatic heterocycles. The van der Waals surface area contributed by atoms with Gasteiger partial charge in [-0.1, -0.05) is 48.0 Å². The van der Waals surface area contributed by atoms with Crippen molar-refractivity contribution in [3.8, 4) is 23.0 Å². The molecule has 0 aliphatic rings. The fourth-order valence-electron chi connectivity index (χ4n) is 3.53. The molecule has 9 heteroatoms. The molecule has 4 rings (SSSR count). The highest BCUT2D eigenvalue weighted by Gasteiger charge is 2.16. The zero-order chi connectivity index (χ0) is 26.2. The van der Waals surface area contributed by atoms with Gasteiger partial charge in [-0.05, 0) is 53.2 Å². The molecular weight excluding hydrogens is 496 g/mol. The Hall–Kier alpha value is -4.56. The average Bonchev–Trinajstić information content (AvgIpc) is 2.92. The minimum Gasteiger partial charge on any atom is -0.493 e. The van der Waals surface area contributed by atoms with Crippen LogP contribution in [0.3, 0.4) is 0 Å². The number of rotatable bonds is 9. The van der Waals surface area contributed by atoms with Crippen LogP contribution in [0.15, 0.2) is 84.0 Å². The molecule has 0 saturated heterocycles. The average molecular weight is 519 g/mol. The van der Waals surface area contributed by atoms with Crippen molar-refractivity contribution in [3.63, 3.8) is 0 Å². The standard InChI is InChI=1S/C28H23ClN2O6/c1-34-25-13-11-19(14-26(25)35-2)28(33)37-24-12-10-18-6-3-4-9-22(18)23(24)16-30-31-27(32)17-36-21-8-5-7-20(29)15-21/h3-16H,17H2,1-2H3,(H,31,32). The molecule has 37 heavy (non-hydrogen) atoms. The molecule has 188 valence electrons. The summed E-state index contributed by atoms with van der Waals surface area (Å²) in [6, 6.07) is 22.5. The molecular formula is C28H23ClN2O6. The summed E-state index contributed by atoms with van der Waals surface area (Å²) >= 11 is 5.93. The van der Waals surface area contributed by atoms with Crippen LogP contribution >= 0.6 is 11.6 Å². The summed E-state index contributed by atoms with van der Waals surface area (Å²) in [5.74, 6) is 0.564. The third-order valence-electron chi connectivity index (χ3n) is 5.30. The zero-order valence-corrected chi connectivity index (χ0v) is 20.8. The minimum atomic E-state index is -0.593. The number of hydrogen-bond acceptors (Lipinski definition) is 7. The van der Waals surface area contributed by atoms with Gasteiger partial charge in [-0.15, -0.1) is 0 Å². The number of fused-ring (bicyclic) bond motifs is 1. The summed E-state index contributed by atoms with van der Waals surface area (Å²) in [6.07, 6.45) is 1.43. The van der Waals surface area contributed by atoms with Gasteiger partial charge in [0.2, 0.25) is 0 Å². The van der Waals surface area contributed by atoms with Crippen LogP contribution in [-0.4, -0.2) is 38.9 Å². The van der Waals surface area contributed by atoms with E-state index in [0.29, 0.717) is 27.8 Å². The van der Waals surface area contributed by atoms with Gasteiger partial charge in [-0.3, -0.25) is 4.79 Å². The van der Waals surface area contributed by atoms with E-state index in [1.165, 1.54) is 26.5 Å². The second kappa shape index (κ2) is 11.9. The Morgan fingerprint density at radius 2 is 1.68 bits per heavy atom. The smallest absolute Gasteiger partial charge is 0.343 e. The number of halogens is 1. The minimum absolute atomic E-state index is 0.256. The van der Waals surface area contributed by atoms with E-state index in [4.69, 9.17) is 30.5 Å². The summed E-state index contributed by atoms with van der Waals surface area (Å²) in [5, 5.41) is 6.25. The highest BCUT2D eigenvalue weighted by Crippen LogP contribution is 2.30. The molecule has 0 heterocycles. The lowest BCUT2D eigenvalue weighted by Crippen LogP contribution is -2.24. The van der Waals surface area contributed by atoms with E-state index in [1.807, 2.05) is 30.3 Å². The Morgan fingerprint density at radius 1 is 0.892 bits per heavy atom. The van der Waals surface area contributed by atoms with Gasteiger partial charge >= 0.3 is 5.97 Å². The number of nitrogens with one attached hydrogen (secondary N) is 1. The van der Waals surface area contributed by atoms with Gasteiger partial charge < -0.3 is 18.9 Å². The molecule has 0 fully saturated rings. The van der Waals surface area contributed by atoms with Crippen molar-refractivity contribution in [1.82, 2.24) is 5.43 Å². The Kier molecular flexibility index (Phi) is 8.22. The number of esters is 1. The predicted molar refractivity (Wildman–Crippen MR) is 141 cm³/mol. The second-order valence-electron chi connectivity index (χ2n) is 7.70. The first kappa shape index (κ1) is 25.5. The molecule has 0 saturated carbocycles. The van der Waals surface area contributed by atoms with Crippen LogP contribution in [0.25, 0.3) is 10.8 Å². The summed E-state index contributed by atoms with van der Waals surface area (Å²) < 4.78 is 21.6. The zero-order valence-electron chi connectivity index (χ0n) is 20.1. The van der Waals surface area contributed by atoms with E-state index < -0.39 is 11.9 Å². The summed E-state index contributed by atoms with van der Waals surface area (Å²) in [6.45, 7) is -0.256. The van der Waals surface area contributed by atoms with Crippen molar-refractivity contribution in [2.45, 2.75) is 0 Å². The van der Waals surface area contributed by atoms with E-state index in [9.17, 15) is 9.59 Å². The normalized spacial score (nSPS) is 10.8. The topological polar surface area (TPSA) is 95.5 Å². The first-order chi connectivity index (χ1) is 18.0. The second-order valence-corrected chi connectivity index (χ2v) is 8.13. The first-order valence-corrected chi connectivity index (χ1v) is 11.5. The van der Waals surface area contributed by atoms with Gasteiger partial charge in [0.05, 0.1) is 26.0 Å². The molecule has 4 aromatic rings. The van der Waals surface area contributed by atoms with Crippen molar-refractivity contribution in [3.05, 3.63) is 95.0 Å². The van der Waals surface area contributed by atoms with Crippen LogP contribution in [-0.2, 0) is 4.79 Å². The SMILES string of the molecule is COc1ccc(C(=O)Oc2ccc3ccccc3c2C=NNC(=O)COc2cccc(Cl)c2)cc1OC. The van der Waals surface area contributed by atoms with Gasteiger partial charge in [-0.25, -0.2) is 10.2 Å². The number of benzene rings is 4. The maximum Gasteiger partial charge on any atom is 0.343 e. The lowest BCUT2D eigenvalue weighted by molar-refractivity contribution is -0.123. The van der Waals surface area contributed by atoms with Crippen molar-refractivity contribution in [1.29, 1.82) is 0 Å². The van der Waals surface area contributed by atoms with Crippen LogP contribution in [0.2, 0.25) is 5.02 Å². The molecule has 1 N–H and O–H groups in total. The van der Waals surface area contributed by atoms with Gasteiger partial charge in [0.1, 0.15) is 11.5 Å². The van der Waals surface area contributed by atoms with E-state index >= 15 is 0 Å². The lowest BCUT2D eigenvalue weighted by Gasteiger charge is -2.12. The van der Waals surface area contributed by atoms with Gasteiger partial charge in [-0.2, -0.15) is 5.10 Å². The third-order valence-corrected chi connectivity index (χ3v) is 5.54. The predicted octanol–water partition coefficient (Wildman–Crippen LogP) is 5.26. The van der Waals surface area contributed by atoms with Crippen LogP contribution < -0.4 is 24.4 Å². The van der Waals surface area contributed by atoms with Crippen LogP contribution in [0, 0.1) is 0 Å². The van der Waals surface area contributed by atoms with Gasteiger partial charge in [0.15, 0.2) is 18.1 Å². The molecule has 1 amide bonds. The van der Waals surface area contributed by atoms with Crippen LogP contribution in [0.5, 0.6) is 23.0 Å². The molecule has 0 unspecified atom stereocenters. The fourth-order valence-corrected chi connectivity index (χ4v) is 3.71. The van der Waals surface area contributed by atoms with Gasteiger partial charge in [0.25, 0.3) is 5.91 Å². The number of ether oxygens (including phenoxy) is 4. The maximum atomic E-state index is 12.9. The number of carbonyl (C=O) groups excluding carboxylic acids is 2. The number of amides is 1. The number of hydrazone groups is 1. The Balaban J connectivity index is 1.52.